The Bertz CT molecular complexity index is 409. The lowest BCUT2D eigenvalue weighted by molar-refractivity contribution is 0.351. The second-order valence-electron chi connectivity index (χ2n) is 4.63. The van der Waals surface area contributed by atoms with Crippen molar-refractivity contribution in [3.8, 4) is 11.5 Å². The predicted octanol–water partition coefficient (Wildman–Crippen LogP) is 4.05. The maximum Gasteiger partial charge on any atom is 0.146 e. The van der Waals surface area contributed by atoms with Gasteiger partial charge >= 0.3 is 0 Å². The van der Waals surface area contributed by atoms with Gasteiger partial charge in [0.05, 0.1) is 14.2 Å². The molecule has 0 saturated heterocycles. The number of nitrogens with one attached hydrogen (secondary N) is 1. The molecule has 1 rings (SSSR count). The van der Waals surface area contributed by atoms with E-state index in [2.05, 4.69) is 26.1 Å². The SMILES string of the molecule is CCNC(c1ccc(OC)c(Cl)c1OC)C(C)CC. The van der Waals surface area contributed by atoms with Crippen molar-refractivity contribution >= 4 is 11.6 Å². The number of benzene rings is 1. The molecular weight excluding hydrogens is 262 g/mol. The lowest BCUT2D eigenvalue weighted by Gasteiger charge is -2.26. The maximum atomic E-state index is 6.33. The highest BCUT2D eigenvalue weighted by Crippen LogP contribution is 2.41. The Hall–Kier alpha value is -0.930. The van der Waals surface area contributed by atoms with Gasteiger partial charge in [-0.3, -0.25) is 0 Å². The van der Waals surface area contributed by atoms with Crippen LogP contribution in [0.1, 0.15) is 38.8 Å². The van der Waals surface area contributed by atoms with Crippen LogP contribution in [0.4, 0.5) is 0 Å². The van der Waals surface area contributed by atoms with E-state index in [9.17, 15) is 0 Å². The molecule has 0 saturated carbocycles. The summed E-state index contributed by atoms with van der Waals surface area (Å²) in [5.41, 5.74) is 1.09. The van der Waals surface area contributed by atoms with E-state index in [0.29, 0.717) is 22.4 Å². The van der Waals surface area contributed by atoms with Crippen molar-refractivity contribution in [2.45, 2.75) is 33.2 Å². The number of hydrogen-bond donors (Lipinski definition) is 1. The highest BCUT2D eigenvalue weighted by Gasteiger charge is 2.23. The normalized spacial score (nSPS) is 14.0. The Balaban J connectivity index is 3.26. The highest BCUT2D eigenvalue weighted by atomic mass is 35.5. The lowest BCUT2D eigenvalue weighted by atomic mass is 9.91. The van der Waals surface area contributed by atoms with Gasteiger partial charge in [-0.25, -0.2) is 0 Å². The molecule has 0 aliphatic rings. The molecule has 1 N–H and O–H groups in total. The quantitative estimate of drug-likeness (QED) is 0.820. The minimum atomic E-state index is 0.230. The van der Waals surface area contributed by atoms with Gasteiger partial charge in [0.15, 0.2) is 0 Å². The van der Waals surface area contributed by atoms with Gasteiger partial charge in [-0.2, -0.15) is 0 Å². The van der Waals surface area contributed by atoms with E-state index in [4.69, 9.17) is 21.1 Å². The van der Waals surface area contributed by atoms with Crippen molar-refractivity contribution < 1.29 is 9.47 Å². The van der Waals surface area contributed by atoms with Crippen molar-refractivity contribution in [3.05, 3.63) is 22.7 Å². The van der Waals surface area contributed by atoms with Crippen molar-refractivity contribution in [2.75, 3.05) is 20.8 Å². The first-order valence-corrected chi connectivity index (χ1v) is 7.12. The Morgan fingerprint density at radius 3 is 2.37 bits per heavy atom. The molecule has 108 valence electrons. The first-order chi connectivity index (χ1) is 9.10. The van der Waals surface area contributed by atoms with Gasteiger partial charge < -0.3 is 14.8 Å². The minimum absolute atomic E-state index is 0.230. The van der Waals surface area contributed by atoms with Crippen molar-refractivity contribution in [1.82, 2.24) is 5.32 Å². The van der Waals surface area contributed by atoms with E-state index >= 15 is 0 Å². The summed E-state index contributed by atoms with van der Waals surface area (Å²) in [5, 5.41) is 4.05. The average molecular weight is 286 g/mol. The largest absolute Gasteiger partial charge is 0.495 e. The van der Waals surface area contributed by atoms with Crippen molar-refractivity contribution in [1.29, 1.82) is 0 Å². The van der Waals surface area contributed by atoms with Crippen LogP contribution in [0, 0.1) is 5.92 Å². The maximum absolute atomic E-state index is 6.33. The molecular formula is C15H24ClNO2. The molecule has 0 fully saturated rings. The van der Waals surface area contributed by atoms with Crippen molar-refractivity contribution in [3.63, 3.8) is 0 Å². The van der Waals surface area contributed by atoms with Crippen LogP contribution in [0.3, 0.4) is 0 Å². The molecule has 0 spiro atoms. The number of rotatable bonds is 7. The summed E-state index contributed by atoms with van der Waals surface area (Å²) < 4.78 is 10.7. The summed E-state index contributed by atoms with van der Waals surface area (Å²) >= 11 is 6.33. The van der Waals surface area contributed by atoms with E-state index in [1.807, 2.05) is 12.1 Å². The number of methoxy groups -OCH3 is 2. The van der Waals surface area contributed by atoms with E-state index < -0.39 is 0 Å². The predicted molar refractivity (Wildman–Crippen MR) is 80.4 cm³/mol. The van der Waals surface area contributed by atoms with Crippen LogP contribution in [0.25, 0.3) is 0 Å². The molecule has 4 heteroatoms. The number of ether oxygens (including phenoxy) is 2. The Labute approximate surface area is 121 Å². The summed E-state index contributed by atoms with van der Waals surface area (Å²) in [5.74, 6) is 1.84. The van der Waals surface area contributed by atoms with E-state index in [1.165, 1.54) is 0 Å². The van der Waals surface area contributed by atoms with Crippen LogP contribution >= 0.6 is 11.6 Å². The molecule has 0 aliphatic heterocycles. The summed E-state index contributed by atoms with van der Waals surface area (Å²) in [6, 6.07) is 4.16. The summed E-state index contributed by atoms with van der Waals surface area (Å²) in [6.07, 6.45) is 1.09. The van der Waals surface area contributed by atoms with E-state index in [0.717, 1.165) is 18.5 Å². The first kappa shape index (κ1) is 16.1. The van der Waals surface area contributed by atoms with Gasteiger partial charge in [-0.15, -0.1) is 0 Å². The molecule has 1 aromatic rings. The summed E-state index contributed by atoms with van der Waals surface area (Å²) in [6.45, 7) is 7.42. The van der Waals surface area contributed by atoms with Gasteiger partial charge in [0.1, 0.15) is 16.5 Å². The van der Waals surface area contributed by atoms with Crippen LogP contribution in [-0.4, -0.2) is 20.8 Å². The molecule has 2 unspecified atom stereocenters. The van der Waals surface area contributed by atoms with Gasteiger partial charge in [0.2, 0.25) is 0 Å². The summed E-state index contributed by atoms with van der Waals surface area (Å²) in [4.78, 5) is 0. The van der Waals surface area contributed by atoms with Crippen LogP contribution in [0.15, 0.2) is 12.1 Å². The standard InChI is InChI=1S/C15H24ClNO2/c1-6-10(3)14(17-7-2)11-8-9-12(18-4)13(16)15(11)19-5/h8-10,14,17H,6-7H2,1-5H3. The average Bonchev–Trinajstić information content (AvgIpc) is 2.43. The van der Waals surface area contributed by atoms with Crippen LogP contribution in [0.5, 0.6) is 11.5 Å². The fraction of sp³-hybridized carbons (Fsp3) is 0.600. The molecule has 2 atom stereocenters. The third-order valence-corrected chi connectivity index (χ3v) is 3.85. The van der Waals surface area contributed by atoms with Crippen LogP contribution in [0.2, 0.25) is 5.02 Å². The molecule has 0 heterocycles. The van der Waals surface area contributed by atoms with Gasteiger partial charge in [-0.05, 0) is 24.6 Å². The number of hydrogen-bond acceptors (Lipinski definition) is 3. The third kappa shape index (κ3) is 3.54. The monoisotopic (exact) mass is 285 g/mol. The molecule has 19 heavy (non-hydrogen) atoms. The number of halogens is 1. The minimum Gasteiger partial charge on any atom is -0.495 e. The molecule has 0 amide bonds. The van der Waals surface area contributed by atoms with Gasteiger partial charge in [-0.1, -0.05) is 38.8 Å². The van der Waals surface area contributed by atoms with Crippen LogP contribution in [-0.2, 0) is 0 Å². The first-order valence-electron chi connectivity index (χ1n) is 6.74. The van der Waals surface area contributed by atoms with Crippen LogP contribution < -0.4 is 14.8 Å². The Kier molecular flexibility index (Phi) is 6.46. The molecule has 0 radical (unpaired) electrons. The molecule has 0 aromatic heterocycles. The zero-order valence-corrected chi connectivity index (χ0v) is 13.2. The highest BCUT2D eigenvalue weighted by molar-refractivity contribution is 6.33. The molecule has 3 nitrogen and oxygen atoms in total. The van der Waals surface area contributed by atoms with E-state index in [-0.39, 0.29) is 6.04 Å². The third-order valence-electron chi connectivity index (χ3n) is 3.49. The van der Waals surface area contributed by atoms with Crippen molar-refractivity contribution in [2.24, 2.45) is 5.92 Å². The van der Waals surface area contributed by atoms with Gasteiger partial charge in [0, 0.05) is 11.6 Å². The lowest BCUT2D eigenvalue weighted by Crippen LogP contribution is -2.27. The van der Waals surface area contributed by atoms with Gasteiger partial charge in [0.25, 0.3) is 0 Å². The fourth-order valence-electron chi connectivity index (χ4n) is 2.24. The Morgan fingerprint density at radius 2 is 1.89 bits per heavy atom. The second kappa shape index (κ2) is 7.61. The zero-order valence-electron chi connectivity index (χ0n) is 12.4. The molecule has 1 aromatic carbocycles. The molecule has 0 bridgehead atoms. The zero-order chi connectivity index (χ0) is 14.4. The summed E-state index contributed by atoms with van der Waals surface area (Å²) in [7, 11) is 3.25. The molecule has 0 aliphatic carbocycles. The Morgan fingerprint density at radius 1 is 1.21 bits per heavy atom. The topological polar surface area (TPSA) is 30.5 Å². The second-order valence-corrected chi connectivity index (χ2v) is 5.00. The smallest absolute Gasteiger partial charge is 0.146 e. The van der Waals surface area contributed by atoms with E-state index in [1.54, 1.807) is 14.2 Å². The fourth-order valence-corrected chi connectivity index (χ4v) is 2.56.